The number of carbonyl (C=O) groups is 2. The summed E-state index contributed by atoms with van der Waals surface area (Å²) >= 11 is 6.02. The van der Waals surface area contributed by atoms with Crippen molar-refractivity contribution in [2.75, 3.05) is 4.90 Å². The number of carbonyl (C=O) groups excluding carboxylic acids is 2. The Labute approximate surface area is 202 Å². The Morgan fingerprint density at radius 3 is 2.35 bits per heavy atom. The number of para-hydroxylation sites is 1. The minimum atomic E-state index is -0.792. The number of ketones is 1. The van der Waals surface area contributed by atoms with E-state index in [-0.39, 0.29) is 11.3 Å². The van der Waals surface area contributed by atoms with Crippen molar-refractivity contribution in [2.45, 2.75) is 26.3 Å². The molecule has 1 unspecified atom stereocenters. The lowest BCUT2D eigenvalue weighted by atomic mass is 9.93. The van der Waals surface area contributed by atoms with Gasteiger partial charge in [-0.15, -0.1) is 0 Å². The summed E-state index contributed by atoms with van der Waals surface area (Å²) in [4.78, 5) is 31.7. The fraction of sp³-hybridized carbons (Fsp3) is 0.143. The first-order chi connectivity index (χ1) is 16.4. The van der Waals surface area contributed by atoms with Gasteiger partial charge in [-0.2, -0.15) is 0 Å². The monoisotopic (exact) mass is 470 g/mol. The molecule has 2 heterocycles. The van der Waals surface area contributed by atoms with Crippen molar-refractivity contribution in [3.8, 4) is 0 Å². The second-order valence-corrected chi connectivity index (χ2v) is 8.84. The summed E-state index contributed by atoms with van der Waals surface area (Å²) in [5.41, 5.74) is 4.71. The number of H-pyrrole nitrogens is 1. The van der Waals surface area contributed by atoms with Crippen LogP contribution >= 0.6 is 11.6 Å². The van der Waals surface area contributed by atoms with Gasteiger partial charge in [-0.1, -0.05) is 48.9 Å². The van der Waals surface area contributed by atoms with Gasteiger partial charge in [-0.05, 0) is 61.4 Å². The van der Waals surface area contributed by atoms with E-state index in [1.165, 1.54) is 4.90 Å². The molecule has 1 amide bonds. The molecule has 1 atom stereocenters. The van der Waals surface area contributed by atoms with Gasteiger partial charge in [-0.3, -0.25) is 14.5 Å². The van der Waals surface area contributed by atoms with Gasteiger partial charge in [0.05, 0.1) is 11.6 Å². The summed E-state index contributed by atoms with van der Waals surface area (Å²) in [6.45, 7) is 3.97. The number of aryl methyl sites for hydroxylation is 2. The number of nitrogens with one attached hydrogen (secondary N) is 1. The van der Waals surface area contributed by atoms with Crippen molar-refractivity contribution in [3.63, 3.8) is 0 Å². The minimum Gasteiger partial charge on any atom is -0.507 e. The first kappa shape index (κ1) is 22.0. The van der Waals surface area contributed by atoms with Crippen LogP contribution in [0.5, 0.6) is 0 Å². The van der Waals surface area contributed by atoms with E-state index in [1.54, 1.807) is 24.3 Å². The molecule has 0 spiro atoms. The molecule has 1 aliphatic heterocycles. The molecular weight excluding hydrogens is 448 g/mol. The average molecular weight is 471 g/mol. The molecule has 170 valence electrons. The number of hydrogen-bond acceptors (Lipinski definition) is 3. The molecule has 0 bridgehead atoms. The normalized spacial score (nSPS) is 17.6. The molecular formula is C28H23ClN2O3. The summed E-state index contributed by atoms with van der Waals surface area (Å²) in [7, 11) is 0. The second kappa shape index (κ2) is 8.50. The van der Waals surface area contributed by atoms with Gasteiger partial charge in [0.15, 0.2) is 0 Å². The van der Waals surface area contributed by atoms with E-state index in [0.29, 0.717) is 16.3 Å². The quantitative estimate of drug-likeness (QED) is 0.208. The van der Waals surface area contributed by atoms with Crippen LogP contribution in [0.15, 0.2) is 78.4 Å². The third-order valence-corrected chi connectivity index (χ3v) is 6.65. The van der Waals surface area contributed by atoms with Gasteiger partial charge >= 0.3 is 0 Å². The van der Waals surface area contributed by atoms with E-state index in [4.69, 9.17) is 11.6 Å². The number of aromatic nitrogens is 1. The molecule has 5 nitrogen and oxygen atoms in total. The Morgan fingerprint density at radius 2 is 1.68 bits per heavy atom. The number of aliphatic hydroxyl groups is 1. The molecule has 1 aromatic heterocycles. The van der Waals surface area contributed by atoms with Crippen LogP contribution in [0.2, 0.25) is 5.02 Å². The standard InChI is InChI=1S/C28H23ClN2O3/c1-3-17-8-14-20(15-9-17)31-25(23-16(2)30-22-7-5-4-6-21(22)23)24(27(33)28(31)34)26(32)18-10-12-19(29)13-11-18/h4-15,25,30,32H,3H2,1-2H3/b26-24+. The number of rotatable bonds is 4. The SMILES string of the molecule is CCc1ccc(N2C(=O)C(=O)/C(=C(/O)c3ccc(Cl)cc3)C2c2c(C)[nH]c3ccccc23)cc1. The molecule has 0 aliphatic carbocycles. The number of halogens is 1. The highest BCUT2D eigenvalue weighted by atomic mass is 35.5. The third kappa shape index (κ3) is 3.49. The molecule has 0 saturated carbocycles. The summed E-state index contributed by atoms with van der Waals surface area (Å²) < 4.78 is 0. The number of Topliss-reactive ketones (excluding diaryl/α,β-unsaturated/α-hetero) is 1. The maximum atomic E-state index is 13.4. The third-order valence-electron chi connectivity index (χ3n) is 6.40. The van der Waals surface area contributed by atoms with Crippen molar-refractivity contribution in [1.82, 2.24) is 4.98 Å². The molecule has 3 aromatic carbocycles. The van der Waals surface area contributed by atoms with Crippen molar-refractivity contribution >= 4 is 45.6 Å². The molecule has 34 heavy (non-hydrogen) atoms. The number of fused-ring (bicyclic) bond motifs is 1. The summed E-state index contributed by atoms with van der Waals surface area (Å²) in [6.07, 6.45) is 0.862. The van der Waals surface area contributed by atoms with Crippen LogP contribution in [-0.2, 0) is 16.0 Å². The molecule has 1 aliphatic rings. The van der Waals surface area contributed by atoms with E-state index in [1.807, 2.05) is 55.5 Å². The zero-order chi connectivity index (χ0) is 24.0. The Bertz CT molecular complexity index is 1450. The van der Waals surface area contributed by atoms with Crippen LogP contribution in [-0.4, -0.2) is 21.8 Å². The molecule has 1 fully saturated rings. The van der Waals surface area contributed by atoms with Gasteiger partial charge in [-0.25, -0.2) is 0 Å². The van der Waals surface area contributed by atoms with Crippen molar-refractivity contribution in [1.29, 1.82) is 0 Å². The Hall–Kier alpha value is -3.83. The number of benzene rings is 3. The van der Waals surface area contributed by atoms with Crippen LogP contribution in [0.1, 0.15) is 35.3 Å². The van der Waals surface area contributed by atoms with Crippen LogP contribution in [0.3, 0.4) is 0 Å². The smallest absolute Gasteiger partial charge is 0.300 e. The van der Waals surface area contributed by atoms with Crippen LogP contribution in [0.25, 0.3) is 16.7 Å². The predicted molar refractivity (Wildman–Crippen MR) is 135 cm³/mol. The van der Waals surface area contributed by atoms with Gasteiger partial charge in [0.2, 0.25) is 0 Å². The predicted octanol–water partition coefficient (Wildman–Crippen LogP) is 6.32. The first-order valence-corrected chi connectivity index (χ1v) is 11.5. The van der Waals surface area contributed by atoms with Crippen LogP contribution in [0, 0.1) is 6.92 Å². The summed E-state index contributed by atoms with van der Waals surface area (Å²) in [5.74, 6) is -1.62. The summed E-state index contributed by atoms with van der Waals surface area (Å²) in [5, 5.41) is 12.7. The molecule has 4 aromatic rings. The largest absolute Gasteiger partial charge is 0.507 e. The number of nitrogens with zero attached hydrogens (tertiary/aromatic N) is 1. The number of aromatic amines is 1. The van der Waals surface area contributed by atoms with Gasteiger partial charge in [0, 0.05) is 38.4 Å². The molecule has 6 heteroatoms. The van der Waals surface area contributed by atoms with E-state index in [2.05, 4.69) is 11.9 Å². The number of aliphatic hydroxyl groups excluding tert-OH is 1. The zero-order valence-electron chi connectivity index (χ0n) is 18.8. The molecule has 1 saturated heterocycles. The van der Waals surface area contributed by atoms with Crippen LogP contribution < -0.4 is 4.90 Å². The maximum absolute atomic E-state index is 13.4. The van der Waals surface area contributed by atoms with Crippen molar-refractivity contribution < 1.29 is 14.7 Å². The highest BCUT2D eigenvalue weighted by Gasteiger charge is 2.48. The number of anilines is 1. The average Bonchev–Trinajstić information content (AvgIpc) is 3.31. The topological polar surface area (TPSA) is 73.4 Å². The molecule has 0 radical (unpaired) electrons. The van der Waals surface area contributed by atoms with E-state index in [0.717, 1.165) is 34.1 Å². The Kier molecular flexibility index (Phi) is 5.50. The summed E-state index contributed by atoms with van der Waals surface area (Å²) in [6, 6.07) is 21.1. The Morgan fingerprint density at radius 1 is 1.00 bits per heavy atom. The van der Waals surface area contributed by atoms with Gasteiger partial charge < -0.3 is 10.1 Å². The Balaban J connectivity index is 1.79. The fourth-order valence-electron chi connectivity index (χ4n) is 4.68. The van der Waals surface area contributed by atoms with Gasteiger partial charge in [0.25, 0.3) is 11.7 Å². The zero-order valence-corrected chi connectivity index (χ0v) is 19.6. The van der Waals surface area contributed by atoms with E-state index in [9.17, 15) is 14.7 Å². The second-order valence-electron chi connectivity index (χ2n) is 8.41. The molecule has 2 N–H and O–H groups in total. The first-order valence-electron chi connectivity index (χ1n) is 11.1. The van der Waals surface area contributed by atoms with Crippen molar-refractivity contribution in [2.24, 2.45) is 0 Å². The lowest BCUT2D eigenvalue weighted by Crippen LogP contribution is -2.29. The highest BCUT2D eigenvalue weighted by molar-refractivity contribution is 6.52. The molecule has 5 rings (SSSR count). The lowest BCUT2D eigenvalue weighted by molar-refractivity contribution is -0.132. The van der Waals surface area contributed by atoms with E-state index >= 15 is 0 Å². The van der Waals surface area contributed by atoms with Crippen molar-refractivity contribution in [3.05, 3.63) is 106 Å². The minimum absolute atomic E-state index is 0.0553. The van der Waals surface area contributed by atoms with E-state index < -0.39 is 17.7 Å². The van der Waals surface area contributed by atoms with Gasteiger partial charge in [0.1, 0.15) is 5.76 Å². The number of hydrogen-bond donors (Lipinski definition) is 2. The lowest BCUT2D eigenvalue weighted by Gasteiger charge is -2.26. The highest BCUT2D eigenvalue weighted by Crippen LogP contribution is 2.45. The maximum Gasteiger partial charge on any atom is 0.300 e. The fourth-order valence-corrected chi connectivity index (χ4v) is 4.80. The van der Waals surface area contributed by atoms with Crippen LogP contribution in [0.4, 0.5) is 5.69 Å². The number of amides is 1.